The molecule has 0 saturated carbocycles. The van der Waals surface area contributed by atoms with E-state index in [1.807, 2.05) is 0 Å². The van der Waals surface area contributed by atoms with Gasteiger partial charge in [-0.25, -0.2) is 9.59 Å². The predicted octanol–water partition coefficient (Wildman–Crippen LogP) is 1.44. The average molecular weight is 318 g/mol. The van der Waals surface area contributed by atoms with Crippen molar-refractivity contribution in [1.82, 2.24) is 14.3 Å². The van der Waals surface area contributed by atoms with Crippen LogP contribution in [0, 0.1) is 0 Å². The summed E-state index contributed by atoms with van der Waals surface area (Å²) >= 11 is 0. The van der Waals surface area contributed by atoms with E-state index in [1.165, 1.54) is 0 Å². The number of fused-ring (bicyclic) bond motifs is 1. The standard InChI is InChI=1S/C13H10N4O6/c1-16-4-2-3-6(16)11(18)14-10-9-7(17(15-10)13(21)22)5-8(23-9)12(19)20/h2-5H,1H3,(H,19,20)(H,21,22)(H,14,15,18). The second-order valence-corrected chi connectivity index (χ2v) is 4.63. The maximum Gasteiger partial charge on any atom is 0.432 e. The predicted molar refractivity (Wildman–Crippen MR) is 75.7 cm³/mol. The lowest BCUT2D eigenvalue weighted by atomic mass is 10.4. The highest BCUT2D eigenvalue weighted by molar-refractivity contribution is 6.07. The van der Waals surface area contributed by atoms with Gasteiger partial charge in [-0.1, -0.05) is 0 Å². The van der Waals surface area contributed by atoms with Crippen molar-refractivity contribution in [1.29, 1.82) is 0 Å². The molecule has 23 heavy (non-hydrogen) atoms. The second-order valence-electron chi connectivity index (χ2n) is 4.63. The van der Waals surface area contributed by atoms with Gasteiger partial charge in [-0.15, -0.1) is 5.10 Å². The monoisotopic (exact) mass is 318 g/mol. The van der Waals surface area contributed by atoms with Gasteiger partial charge in [-0.05, 0) is 12.1 Å². The van der Waals surface area contributed by atoms with Gasteiger partial charge in [0, 0.05) is 19.3 Å². The number of amides is 1. The van der Waals surface area contributed by atoms with Gasteiger partial charge >= 0.3 is 12.1 Å². The number of hydrogen-bond acceptors (Lipinski definition) is 5. The molecule has 0 bridgehead atoms. The molecule has 3 N–H and O–H groups in total. The number of carboxylic acids is 1. The summed E-state index contributed by atoms with van der Waals surface area (Å²) in [7, 11) is 1.66. The number of carbonyl (C=O) groups is 3. The molecule has 0 aliphatic heterocycles. The number of aromatic carboxylic acids is 1. The largest absolute Gasteiger partial charge is 0.475 e. The molecular formula is C13H10N4O6. The number of rotatable bonds is 3. The maximum absolute atomic E-state index is 12.2. The number of nitrogens with zero attached hydrogens (tertiary/aromatic N) is 3. The lowest BCUT2D eigenvalue weighted by molar-refractivity contribution is 0.0665. The highest BCUT2D eigenvalue weighted by Crippen LogP contribution is 2.27. The van der Waals surface area contributed by atoms with Crippen LogP contribution in [0.25, 0.3) is 11.1 Å². The summed E-state index contributed by atoms with van der Waals surface area (Å²) in [5, 5.41) is 24.2. The van der Waals surface area contributed by atoms with Gasteiger partial charge in [0.2, 0.25) is 5.76 Å². The fraction of sp³-hybridized carbons (Fsp3) is 0.0769. The van der Waals surface area contributed by atoms with Crippen LogP contribution in [0.5, 0.6) is 0 Å². The Hall–Kier alpha value is -3.56. The quantitative estimate of drug-likeness (QED) is 0.663. The van der Waals surface area contributed by atoms with Gasteiger partial charge in [0.05, 0.1) is 0 Å². The summed E-state index contributed by atoms with van der Waals surface area (Å²) in [4.78, 5) is 34.3. The molecule has 0 aliphatic rings. The molecule has 0 saturated heterocycles. The molecule has 1 amide bonds. The zero-order valence-electron chi connectivity index (χ0n) is 11.7. The SMILES string of the molecule is Cn1cccc1C(=O)Nc1nn(C(=O)O)c2cc(C(=O)O)oc12. The van der Waals surface area contributed by atoms with Crippen molar-refractivity contribution >= 4 is 34.9 Å². The van der Waals surface area contributed by atoms with E-state index in [0.717, 1.165) is 6.07 Å². The number of anilines is 1. The summed E-state index contributed by atoms with van der Waals surface area (Å²) in [6.07, 6.45) is 0.225. The minimum Gasteiger partial charge on any atom is -0.475 e. The Bertz CT molecular complexity index is 947. The summed E-state index contributed by atoms with van der Waals surface area (Å²) in [6, 6.07) is 4.25. The molecule has 0 fully saturated rings. The fourth-order valence-electron chi connectivity index (χ4n) is 2.11. The molecule has 0 atom stereocenters. The van der Waals surface area contributed by atoms with Crippen molar-refractivity contribution < 1.29 is 29.0 Å². The Kier molecular flexibility index (Phi) is 3.14. The maximum atomic E-state index is 12.2. The Morgan fingerprint density at radius 1 is 1.30 bits per heavy atom. The van der Waals surface area contributed by atoms with Crippen LogP contribution in [0.3, 0.4) is 0 Å². The van der Waals surface area contributed by atoms with Crippen molar-refractivity contribution in [2.24, 2.45) is 7.05 Å². The van der Waals surface area contributed by atoms with E-state index in [4.69, 9.17) is 14.6 Å². The summed E-state index contributed by atoms with van der Waals surface area (Å²) in [5.74, 6) is -2.54. The number of aryl methyl sites for hydroxylation is 1. The van der Waals surface area contributed by atoms with E-state index in [0.29, 0.717) is 10.4 Å². The van der Waals surface area contributed by atoms with Gasteiger partial charge in [-0.2, -0.15) is 4.68 Å². The minimum absolute atomic E-state index is 0.0721. The van der Waals surface area contributed by atoms with Crippen LogP contribution in [0.15, 0.2) is 28.8 Å². The summed E-state index contributed by atoms with van der Waals surface area (Å²) in [5.41, 5.74) is 0.109. The third kappa shape index (κ3) is 2.31. The van der Waals surface area contributed by atoms with E-state index < -0.39 is 23.7 Å². The first-order chi connectivity index (χ1) is 10.9. The first-order valence-electron chi connectivity index (χ1n) is 6.30. The summed E-state index contributed by atoms with van der Waals surface area (Å²) in [6.45, 7) is 0. The van der Waals surface area contributed by atoms with Gasteiger partial charge in [0.25, 0.3) is 5.91 Å². The fourth-order valence-corrected chi connectivity index (χ4v) is 2.11. The van der Waals surface area contributed by atoms with E-state index in [-0.39, 0.29) is 16.9 Å². The van der Waals surface area contributed by atoms with Crippen LogP contribution in [-0.4, -0.2) is 42.5 Å². The molecule has 0 radical (unpaired) electrons. The van der Waals surface area contributed by atoms with E-state index in [1.54, 1.807) is 29.9 Å². The number of carbonyl (C=O) groups excluding carboxylic acids is 1. The minimum atomic E-state index is -1.44. The van der Waals surface area contributed by atoms with Crippen LogP contribution < -0.4 is 5.32 Å². The lowest BCUT2D eigenvalue weighted by Gasteiger charge is -2.03. The number of nitrogens with one attached hydrogen (secondary N) is 1. The van der Waals surface area contributed by atoms with Crippen molar-refractivity contribution in [3.05, 3.63) is 35.9 Å². The van der Waals surface area contributed by atoms with Crippen LogP contribution in [0.2, 0.25) is 0 Å². The molecule has 3 rings (SSSR count). The molecule has 0 aromatic carbocycles. The van der Waals surface area contributed by atoms with Crippen LogP contribution in [0.1, 0.15) is 21.0 Å². The number of furan rings is 1. The highest BCUT2D eigenvalue weighted by atomic mass is 16.4. The normalized spacial score (nSPS) is 10.8. The van der Waals surface area contributed by atoms with Gasteiger partial charge < -0.3 is 24.5 Å². The van der Waals surface area contributed by atoms with Gasteiger partial charge in [-0.3, -0.25) is 4.79 Å². The molecule has 3 heterocycles. The van der Waals surface area contributed by atoms with E-state index in [9.17, 15) is 14.4 Å². The van der Waals surface area contributed by atoms with Crippen molar-refractivity contribution in [3.63, 3.8) is 0 Å². The lowest BCUT2D eigenvalue weighted by Crippen LogP contribution is -2.17. The van der Waals surface area contributed by atoms with Crippen molar-refractivity contribution in [2.75, 3.05) is 5.32 Å². The summed E-state index contributed by atoms with van der Waals surface area (Å²) < 4.78 is 7.17. The molecule has 3 aromatic rings. The molecule has 118 valence electrons. The van der Waals surface area contributed by atoms with Crippen molar-refractivity contribution in [3.8, 4) is 0 Å². The Morgan fingerprint density at radius 3 is 2.61 bits per heavy atom. The highest BCUT2D eigenvalue weighted by Gasteiger charge is 2.24. The van der Waals surface area contributed by atoms with Gasteiger partial charge in [0.15, 0.2) is 11.4 Å². The topological polar surface area (TPSA) is 140 Å². The smallest absolute Gasteiger partial charge is 0.432 e. The van der Waals surface area contributed by atoms with Gasteiger partial charge in [0.1, 0.15) is 11.2 Å². The molecule has 0 aliphatic carbocycles. The third-order valence-electron chi connectivity index (χ3n) is 3.16. The van der Waals surface area contributed by atoms with E-state index >= 15 is 0 Å². The zero-order valence-corrected chi connectivity index (χ0v) is 11.7. The average Bonchev–Trinajstić information content (AvgIpc) is 3.14. The molecule has 0 unspecified atom stereocenters. The van der Waals surface area contributed by atoms with Crippen LogP contribution >= 0.6 is 0 Å². The molecule has 3 aromatic heterocycles. The van der Waals surface area contributed by atoms with Crippen molar-refractivity contribution in [2.45, 2.75) is 0 Å². The Balaban J connectivity index is 2.06. The Labute approximate surface area is 127 Å². The van der Waals surface area contributed by atoms with Crippen LogP contribution in [-0.2, 0) is 7.05 Å². The first-order valence-corrected chi connectivity index (χ1v) is 6.30. The first kappa shape index (κ1) is 14.4. The zero-order chi connectivity index (χ0) is 16.7. The molecule has 0 spiro atoms. The molecular weight excluding hydrogens is 308 g/mol. The van der Waals surface area contributed by atoms with Crippen LogP contribution in [0.4, 0.5) is 10.6 Å². The number of aromatic nitrogens is 3. The number of hydrogen-bond donors (Lipinski definition) is 3. The third-order valence-corrected chi connectivity index (χ3v) is 3.16. The van der Waals surface area contributed by atoms with E-state index in [2.05, 4.69) is 10.4 Å². The molecule has 10 nitrogen and oxygen atoms in total. The number of carboxylic acid groups (broad SMARTS) is 2. The molecule has 10 heteroatoms. The second kappa shape index (κ2) is 5.02. The Morgan fingerprint density at radius 2 is 2.04 bits per heavy atom.